The van der Waals surface area contributed by atoms with Crippen molar-refractivity contribution in [1.82, 2.24) is 10.2 Å². The predicted octanol–water partition coefficient (Wildman–Crippen LogP) is 4.44. The number of hydrogen-bond acceptors (Lipinski definition) is 6. The van der Waals surface area contributed by atoms with E-state index < -0.39 is 41.6 Å². The molecule has 2 aliphatic heterocycles. The van der Waals surface area contributed by atoms with Crippen LogP contribution in [0.2, 0.25) is 0 Å². The number of amides is 2. The molecule has 1 aliphatic carbocycles. The standard InChI is InChI=1S/C30H33N3O6/c1-30(2,3)26-27(34)33-17-19(16-24(33)28(35)36)39-32-25-22-11-7-6-10-20(22)21-13-12-18(15-23(21)25)9-5-4-8-14-38-29(37)31-26/h5-7,9-13,15,19,24,26H,4,8,14,16-17H2,1-3H3,(H,31,37)(H,35,36)/t19-,24+,26-/m1/s1. The molecule has 204 valence electrons. The van der Waals surface area contributed by atoms with Crippen molar-refractivity contribution in [2.75, 3.05) is 13.2 Å². The fourth-order valence-electron chi connectivity index (χ4n) is 5.30. The van der Waals surface area contributed by atoms with Gasteiger partial charge >= 0.3 is 12.1 Å². The van der Waals surface area contributed by atoms with Crippen LogP contribution in [0.3, 0.4) is 0 Å². The van der Waals surface area contributed by atoms with Crippen LogP contribution in [-0.4, -0.2) is 65.0 Å². The highest BCUT2D eigenvalue weighted by Crippen LogP contribution is 2.38. The molecule has 1 saturated heterocycles. The third-order valence-corrected chi connectivity index (χ3v) is 7.33. The highest BCUT2D eigenvalue weighted by Gasteiger charge is 2.46. The van der Waals surface area contributed by atoms with Gasteiger partial charge in [0.25, 0.3) is 0 Å². The van der Waals surface area contributed by atoms with E-state index in [-0.39, 0.29) is 19.6 Å². The molecule has 2 N–H and O–H groups in total. The van der Waals surface area contributed by atoms with Crippen LogP contribution in [0.1, 0.15) is 56.7 Å². The summed E-state index contributed by atoms with van der Waals surface area (Å²) in [6, 6.07) is 12.1. The van der Waals surface area contributed by atoms with Crippen LogP contribution in [0.5, 0.6) is 0 Å². The zero-order valence-corrected chi connectivity index (χ0v) is 22.3. The lowest BCUT2D eigenvalue weighted by Gasteiger charge is -2.34. The summed E-state index contributed by atoms with van der Waals surface area (Å²) < 4.78 is 5.34. The smallest absolute Gasteiger partial charge is 0.407 e. The van der Waals surface area contributed by atoms with Crippen molar-refractivity contribution in [1.29, 1.82) is 0 Å². The molecule has 1 fully saturated rings. The molecule has 39 heavy (non-hydrogen) atoms. The molecule has 3 atom stereocenters. The normalized spacial score (nSPS) is 23.4. The number of carbonyl (C=O) groups is 3. The number of hydrogen-bond donors (Lipinski definition) is 2. The number of nitrogens with zero attached hydrogens (tertiary/aromatic N) is 2. The van der Waals surface area contributed by atoms with Crippen LogP contribution in [0.4, 0.5) is 4.79 Å². The summed E-state index contributed by atoms with van der Waals surface area (Å²) in [5.41, 5.74) is 4.97. The molecule has 0 aromatic heterocycles. The highest BCUT2D eigenvalue weighted by atomic mass is 16.6. The number of oxime groups is 1. The predicted molar refractivity (Wildman–Crippen MR) is 146 cm³/mol. The molecular formula is C30H33N3O6. The second kappa shape index (κ2) is 10.6. The van der Waals surface area contributed by atoms with Gasteiger partial charge in [-0.15, -0.1) is 0 Å². The van der Waals surface area contributed by atoms with Crippen molar-refractivity contribution in [3.05, 3.63) is 65.2 Å². The number of carboxylic acids is 1. The molecule has 4 bridgehead atoms. The van der Waals surface area contributed by atoms with Gasteiger partial charge in [0.15, 0.2) is 0 Å². The number of fused-ring (bicyclic) bond motifs is 6. The summed E-state index contributed by atoms with van der Waals surface area (Å²) in [5.74, 6) is -1.62. The Labute approximate surface area is 227 Å². The number of aliphatic carboxylic acids is 1. The Morgan fingerprint density at radius 3 is 2.56 bits per heavy atom. The molecule has 2 aromatic rings. The van der Waals surface area contributed by atoms with Crippen LogP contribution in [0.15, 0.2) is 53.7 Å². The highest BCUT2D eigenvalue weighted by molar-refractivity contribution is 6.24. The van der Waals surface area contributed by atoms with Crippen molar-refractivity contribution >= 4 is 29.8 Å². The molecular weight excluding hydrogens is 498 g/mol. The molecule has 0 spiro atoms. The van der Waals surface area contributed by atoms with E-state index in [1.807, 2.05) is 63.3 Å². The van der Waals surface area contributed by atoms with Gasteiger partial charge in [-0.1, -0.05) is 74.5 Å². The van der Waals surface area contributed by atoms with E-state index in [1.165, 1.54) is 4.90 Å². The Kier molecular flexibility index (Phi) is 7.16. The lowest BCUT2D eigenvalue weighted by molar-refractivity contribution is -0.150. The summed E-state index contributed by atoms with van der Waals surface area (Å²) in [6.45, 7) is 5.66. The van der Waals surface area contributed by atoms with Gasteiger partial charge in [-0.3, -0.25) is 4.79 Å². The molecule has 9 heteroatoms. The van der Waals surface area contributed by atoms with Gasteiger partial charge in [0.05, 0.1) is 13.2 Å². The number of allylic oxidation sites excluding steroid dienone is 1. The molecule has 0 saturated carbocycles. The lowest BCUT2D eigenvalue weighted by atomic mass is 9.85. The zero-order chi connectivity index (χ0) is 27.7. The molecule has 0 unspecified atom stereocenters. The summed E-state index contributed by atoms with van der Waals surface area (Å²) in [7, 11) is 0. The average Bonchev–Trinajstić information content (AvgIpc) is 3.46. The van der Waals surface area contributed by atoms with Crippen molar-refractivity contribution in [2.24, 2.45) is 10.6 Å². The molecule has 2 amide bonds. The van der Waals surface area contributed by atoms with Gasteiger partial charge in [0, 0.05) is 17.5 Å². The number of nitrogens with one attached hydrogen (secondary N) is 1. The van der Waals surface area contributed by atoms with E-state index in [9.17, 15) is 19.5 Å². The summed E-state index contributed by atoms with van der Waals surface area (Å²) in [4.78, 5) is 45.6. The third kappa shape index (κ3) is 5.39. The number of carboxylic acid groups (broad SMARTS) is 1. The number of carbonyl (C=O) groups excluding carboxylic acids is 2. The Morgan fingerprint density at radius 1 is 1.08 bits per heavy atom. The van der Waals surface area contributed by atoms with E-state index in [4.69, 9.17) is 9.57 Å². The number of benzene rings is 2. The first-order chi connectivity index (χ1) is 18.6. The van der Waals surface area contributed by atoms with Crippen LogP contribution in [0.25, 0.3) is 17.2 Å². The topological polar surface area (TPSA) is 118 Å². The van der Waals surface area contributed by atoms with Crippen LogP contribution < -0.4 is 5.32 Å². The Balaban J connectivity index is 1.52. The van der Waals surface area contributed by atoms with Gasteiger partial charge in [0.1, 0.15) is 23.9 Å². The van der Waals surface area contributed by atoms with E-state index in [0.29, 0.717) is 18.6 Å². The molecule has 2 heterocycles. The number of cyclic esters (lactones) is 1. The Hall–Kier alpha value is -4.14. The lowest BCUT2D eigenvalue weighted by Crippen LogP contribution is -2.56. The second-order valence-corrected chi connectivity index (χ2v) is 11.2. The van der Waals surface area contributed by atoms with Gasteiger partial charge < -0.3 is 24.9 Å². The maximum atomic E-state index is 13.7. The van der Waals surface area contributed by atoms with Crippen LogP contribution in [0, 0.1) is 5.41 Å². The third-order valence-electron chi connectivity index (χ3n) is 7.33. The van der Waals surface area contributed by atoms with Gasteiger partial charge in [-0.2, -0.15) is 0 Å². The van der Waals surface area contributed by atoms with Crippen molar-refractivity contribution < 1.29 is 29.1 Å². The first-order valence-corrected chi connectivity index (χ1v) is 13.2. The first kappa shape index (κ1) is 26.5. The largest absolute Gasteiger partial charge is 0.480 e. The fraction of sp³-hybridized carbons (Fsp3) is 0.400. The van der Waals surface area contributed by atoms with E-state index in [0.717, 1.165) is 27.8 Å². The van der Waals surface area contributed by atoms with Crippen molar-refractivity contribution in [3.8, 4) is 11.1 Å². The number of alkyl carbamates (subject to hydrolysis) is 1. The minimum absolute atomic E-state index is 0.0349. The van der Waals surface area contributed by atoms with Crippen molar-refractivity contribution in [3.63, 3.8) is 0 Å². The SMILES string of the molecule is CC(C)(C)[C@@H]1NC(=O)OCCCC=Cc2ccc3c(c2)C(=NO[C@@H]2C[C@@H](C(=O)O)N(C2)C1=O)c1ccccc1-3. The monoisotopic (exact) mass is 531 g/mol. The second-order valence-electron chi connectivity index (χ2n) is 11.2. The van der Waals surface area contributed by atoms with E-state index in [1.54, 1.807) is 0 Å². The van der Waals surface area contributed by atoms with Crippen LogP contribution in [-0.2, 0) is 19.2 Å². The minimum atomic E-state index is -1.13. The van der Waals surface area contributed by atoms with Gasteiger partial charge in [-0.25, -0.2) is 9.59 Å². The summed E-state index contributed by atoms with van der Waals surface area (Å²) in [6.07, 6.45) is 4.12. The first-order valence-electron chi connectivity index (χ1n) is 13.2. The Morgan fingerprint density at radius 2 is 1.82 bits per heavy atom. The molecule has 9 nitrogen and oxygen atoms in total. The summed E-state index contributed by atoms with van der Waals surface area (Å²) in [5, 5.41) is 17.1. The molecule has 2 aromatic carbocycles. The van der Waals surface area contributed by atoms with Gasteiger partial charge in [-0.05, 0) is 41.0 Å². The van der Waals surface area contributed by atoms with E-state index >= 15 is 0 Å². The quantitative estimate of drug-likeness (QED) is 0.480. The van der Waals surface area contributed by atoms with Gasteiger partial charge in [0.2, 0.25) is 5.91 Å². The van der Waals surface area contributed by atoms with Crippen LogP contribution >= 0.6 is 0 Å². The zero-order valence-electron chi connectivity index (χ0n) is 22.3. The summed E-state index contributed by atoms with van der Waals surface area (Å²) >= 11 is 0. The average molecular weight is 532 g/mol. The molecule has 3 aliphatic rings. The Bertz CT molecular complexity index is 1360. The minimum Gasteiger partial charge on any atom is -0.480 e. The number of rotatable bonds is 1. The number of ether oxygens (including phenoxy) is 1. The maximum Gasteiger partial charge on any atom is 0.407 e. The maximum absolute atomic E-state index is 13.7. The van der Waals surface area contributed by atoms with Crippen molar-refractivity contribution in [2.45, 2.75) is 58.2 Å². The fourth-order valence-corrected chi connectivity index (χ4v) is 5.30. The molecule has 0 radical (unpaired) electrons. The molecule has 5 rings (SSSR count). The van der Waals surface area contributed by atoms with E-state index in [2.05, 4.69) is 22.6 Å².